The predicted molar refractivity (Wildman–Crippen MR) is 242 cm³/mol. The summed E-state index contributed by atoms with van der Waals surface area (Å²) in [6.45, 7) is 19.7. The first kappa shape index (κ1) is 52.3. The first-order valence-electron chi connectivity index (χ1n) is 23.2. The third-order valence-electron chi connectivity index (χ3n) is 12.1. The van der Waals surface area contributed by atoms with Crippen molar-refractivity contribution in [1.29, 1.82) is 0 Å². The molecule has 0 radical (unpaired) electrons. The van der Waals surface area contributed by atoms with Crippen molar-refractivity contribution in [3.63, 3.8) is 0 Å². The number of hydrogen-bond donors (Lipinski definition) is 0. The molecule has 0 aliphatic carbocycles. The van der Waals surface area contributed by atoms with Crippen LogP contribution in [0.15, 0.2) is 71.9 Å². The van der Waals surface area contributed by atoms with Crippen LogP contribution in [0.3, 0.4) is 0 Å². The molecule has 64 heavy (non-hydrogen) atoms. The monoisotopic (exact) mass is 895 g/mol. The number of esters is 5. The average Bonchev–Trinajstić information content (AvgIpc) is 3.64. The molecule has 0 saturated carbocycles. The molecular formula is C51H74O13. The maximum absolute atomic E-state index is 13.4. The van der Waals surface area contributed by atoms with Gasteiger partial charge in [-0.3, -0.25) is 24.0 Å². The molecule has 0 aromatic carbocycles. The number of carbonyl (C=O) groups is 5. The quantitative estimate of drug-likeness (QED) is 0.0672. The number of carbonyl (C=O) groups excluding carboxylic acids is 5. The summed E-state index contributed by atoms with van der Waals surface area (Å²) < 4.78 is 48.4. The molecule has 3 saturated heterocycles. The molecule has 13 atom stereocenters. The van der Waals surface area contributed by atoms with E-state index in [9.17, 15) is 24.0 Å². The van der Waals surface area contributed by atoms with Gasteiger partial charge in [0.05, 0.1) is 24.4 Å². The smallest absolute Gasteiger partial charge is 0.306 e. The summed E-state index contributed by atoms with van der Waals surface area (Å²) in [5, 5.41) is 0. The first-order chi connectivity index (χ1) is 30.4. The van der Waals surface area contributed by atoms with E-state index in [0.29, 0.717) is 38.5 Å². The van der Waals surface area contributed by atoms with Gasteiger partial charge in [-0.2, -0.15) is 0 Å². The lowest BCUT2D eigenvalue weighted by Gasteiger charge is -2.30. The highest BCUT2D eigenvalue weighted by molar-refractivity contribution is 5.70. The molecule has 13 unspecified atom stereocenters. The highest BCUT2D eigenvalue weighted by Crippen LogP contribution is 2.40. The van der Waals surface area contributed by atoms with Crippen molar-refractivity contribution >= 4 is 29.8 Å². The van der Waals surface area contributed by atoms with Gasteiger partial charge < -0.3 is 37.9 Å². The van der Waals surface area contributed by atoms with E-state index >= 15 is 0 Å². The van der Waals surface area contributed by atoms with Gasteiger partial charge in [0.2, 0.25) is 0 Å². The lowest BCUT2D eigenvalue weighted by molar-refractivity contribution is -0.168. The maximum Gasteiger partial charge on any atom is 0.306 e. The van der Waals surface area contributed by atoms with Gasteiger partial charge in [0, 0.05) is 53.4 Å². The van der Waals surface area contributed by atoms with Gasteiger partial charge >= 0.3 is 29.8 Å². The van der Waals surface area contributed by atoms with E-state index in [2.05, 4.69) is 19.6 Å². The van der Waals surface area contributed by atoms with E-state index in [4.69, 9.17) is 37.9 Å². The second-order valence-electron chi connectivity index (χ2n) is 18.2. The minimum atomic E-state index is -0.782. The van der Waals surface area contributed by atoms with E-state index in [1.54, 1.807) is 0 Å². The lowest BCUT2D eigenvalue weighted by Crippen LogP contribution is -2.38. The topological polar surface area (TPSA) is 162 Å². The second-order valence-corrected chi connectivity index (χ2v) is 18.2. The first-order valence-corrected chi connectivity index (χ1v) is 23.2. The largest absolute Gasteiger partial charge is 0.462 e. The van der Waals surface area contributed by atoms with Crippen LogP contribution in [0.1, 0.15) is 139 Å². The minimum Gasteiger partial charge on any atom is -0.462 e. The van der Waals surface area contributed by atoms with E-state index in [0.717, 1.165) is 42.4 Å². The molecule has 4 rings (SSSR count). The number of rotatable bonds is 10. The Morgan fingerprint density at radius 2 is 1.47 bits per heavy atom. The molecule has 0 aromatic rings. The van der Waals surface area contributed by atoms with Crippen LogP contribution in [-0.2, 0) is 61.9 Å². The van der Waals surface area contributed by atoms with Crippen LogP contribution < -0.4 is 0 Å². The summed E-state index contributed by atoms with van der Waals surface area (Å²) in [6, 6.07) is 0. The van der Waals surface area contributed by atoms with Crippen LogP contribution in [-0.4, -0.2) is 97.0 Å². The summed E-state index contributed by atoms with van der Waals surface area (Å²) >= 11 is 0. The van der Waals surface area contributed by atoms with E-state index < -0.39 is 54.5 Å². The fourth-order valence-corrected chi connectivity index (χ4v) is 9.00. The zero-order valence-corrected chi connectivity index (χ0v) is 39.6. The van der Waals surface area contributed by atoms with Crippen LogP contribution in [0.5, 0.6) is 0 Å². The Kier molecular flexibility index (Phi) is 21.2. The van der Waals surface area contributed by atoms with Crippen molar-refractivity contribution in [3.8, 4) is 0 Å². The Morgan fingerprint density at radius 3 is 2.14 bits per heavy atom. The van der Waals surface area contributed by atoms with Crippen LogP contribution in [0.2, 0.25) is 0 Å². The number of cyclic esters (lactones) is 1. The molecule has 13 heteroatoms. The van der Waals surface area contributed by atoms with Gasteiger partial charge in [-0.15, -0.1) is 0 Å². The zero-order chi connectivity index (χ0) is 46.9. The number of allylic oxidation sites excluding steroid dienone is 7. The zero-order valence-electron chi connectivity index (χ0n) is 39.6. The van der Waals surface area contributed by atoms with E-state index in [-0.39, 0.29) is 67.1 Å². The Bertz CT molecular complexity index is 1760. The van der Waals surface area contributed by atoms with Crippen molar-refractivity contribution in [2.24, 2.45) is 11.8 Å². The number of hydrogen-bond acceptors (Lipinski definition) is 13. The van der Waals surface area contributed by atoms with Crippen LogP contribution in [0, 0.1) is 11.8 Å². The normalized spacial score (nSPS) is 33.7. The Labute approximate surface area is 381 Å². The molecule has 4 aliphatic heterocycles. The molecule has 4 aliphatic rings. The average molecular weight is 895 g/mol. The maximum atomic E-state index is 13.4. The third-order valence-corrected chi connectivity index (χ3v) is 12.1. The van der Waals surface area contributed by atoms with Gasteiger partial charge in [0.15, 0.2) is 0 Å². The fourth-order valence-electron chi connectivity index (χ4n) is 9.00. The summed E-state index contributed by atoms with van der Waals surface area (Å²) in [4.78, 5) is 62.2. The van der Waals surface area contributed by atoms with Crippen LogP contribution in [0.4, 0.5) is 0 Å². The number of ether oxygens (including phenoxy) is 8. The highest BCUT2D eigenvalue weighted by Gasteiger charge is 2.53. The number of epoxide rings is 1. The van der Waals surface area contributed by atoms with Crippen molar-refractivity contribution < 1.29 is 61.9 Å². The van der Waals surface area contributed by atoms with Crippen molar-refractivity contribution in [1.82, 2.24) is 0 Å². The van der Waals surface area contributed by atoms with Gasteiger partial charge in [-0.1, -0.05) is 73.6 Å². The molecule has 356 valence electrons. The van der Waals surface area contributed by atoms with Crippen molar-refractivity contribution in [3.05, 3.63) is 71.9 Å². The SMILES string of the molecule is C=C1CC(OC(C)=O)C(OC(C)=O)CC2CCC(CC3CCC(O3)C3OC3C(/C=C(C)/C=C/C(CC(C)/C=C/C)OC(C)=O)OC(=O)CC/C=C/C=C(\C)CC(OC(C)=O)CC1C)O2. The molecular weight excluding hydrogens is 821 g/mol. The Morgan fingerprint density at radius 1 is 0.812 bits per heavy atom. The molecule has 0 aromatic heterocycles. The molecule has 4 bridgehead atoms. The molecule has 3 fully saturated rings. The molecule has 13 nitrogen and oxygen atoms in total. The summed E-state index contributed by atoms with van der Waals surface area (Å²) in [5.74, 6) is -2.03. The Hall–Kier alpha value is -4.33. The van der Waals surface area contributed by atoms with Crippen molar-refractivity contribution in [2.75, 3.05) is 0 Å². The molecule has 4 heterocycles. The Balaban J connectivity index is 1.57. The highest BCUT2D eigenvalue weighted by atomic mass is 16.7. The standard InChI is InChI=1S/C51H74O13/c1-11-15-31(2)24-40(57-36(7)52)19-18-33(4)26-48-51-50(64-51)45-23-22-42(62-45)29-41-20-21-43(61-41)30-47(60-39(10)55)46(59-38(9)54)28-35(6)34(5)27-44(58-37(8)53)25-32(3)16-13-12-14-17-49(56)63-48/h11-13,15-16,18-19,26,31,34,40-48,50-51H,6,14,17,20-25,27-30H2,1-5,7-10H3/b13-12+,15-11+,19-18+,32-16+,33-26+. The lowest BCUT2D eigenvalue weighted by atomic mass is 9.88. The number of fused-ring (bicyclic) bond motifs is 6. The van der Waals surface area contributed by atoms with Gasteiger partial charge in [-0.25, -0.2) is 0 Å². The fraction of sp³-hybridized carbons (Fsp3) is 0.667. The van der Waals surface area contributed by atoms with E-state index in [1.165, 1.54) is 27.7 Å². The summed E-state index contributed by atoms with van der Waals surface area (Å²) in [6.07, 6.45) is 17.8. The summed E-state index contributed by atoms with van der Waals surface area (Å²) in [7, 11) is 0. The second kappa shape index (κ2) is 26.0. The van der Waals surface area contributed by atoms with E-state index in [1.807, 2.05) is 70.2 Å². The molecule has 0 amide bonds. The van der Waals surface area contributed by atoms with Gasteiger partial charge in [0.1, 0.15) is 42.7 Å². The van der Waals surface area contributed by atoms with Gasteiger partial charge in [-0.05, 0) is 96.1 Å². The van der Waals surface area contributed by atoms with Gasteiger partial charge in [0.25, 0.3) is 0 Å². The minimum absolute atomic E-state index is 0.0474. The molecule has 0 spiro atoms. The predicted octanol–water partition coefficient (Wildman–Crippen LogP) is 9.03. The van der Waals surface area contributed by atoms with Crippen LogP contribution in [0.25, 0.3) is 0 Å². The molecule has 0 N–H and O–H groups in total. The third kappa shape index (κ3) is 18.6. The van der Waals surface area contributed by atoms with Crippen molar-refractivity contribution in [2.45, 2.75) is 207 Å². The summed E-state index contributed by atoms with van der Waals surface area (Å²) in [5.41, 5.74) is 2.57. The van der Waals surface area contributed by atoms with Crippen LogP contribution >= 0.6 is 0 Å².